The first-order valence-corrected chi connectivity index (χ1v) is 5.06. The molecule has 2 N–H and O–H groups in total. The normalized spacial score (nSPS) is 13.8. The van der Waals surface area contributed by atoms with Crippen molar-refractivity contribution in [2.75, 3.05) is 13.2 Å². The highest BCUT2D eigenvalue weighted by Gasteiger charge is 2.08. The predicted molar refractivity (Wildman–Crippen MR) is 53.2 cm³/mol. The molecule has 12 heavy (non-hydrogen) atoms. The third kappa shape index (κ3) is 5.56. The van der Waals surface area contributed by atoms with Gasteiger partial charge in [0.2, 0.25) is 0 Å². The Morgan fingerprint density at radius 3 is 2.33 bits per heavy atom. The molecule has 2 nitrogen and oxygen atoms in total. The first-order valence-electron chi connectivity index (χ1n) is 5.06. The first kappa shape index (κ1) is 11.9. The van der Waals surface area contributed by atoms with E-state index >= 15 is 0 Å². The fourth-order valence-electron chi connectivity index (χ4n) is 1.38. The van der Waals surface area contributed by atoms with E-state index in [0.717, 1.165) is 19.4 Å². The standard InChI is InChI=1S/C10H23NO/c1-4-10(9(2)3)11-7-5-6-8-12/h9-12H,4-8H2,1-3H3. The molecule has 0 aliphatic rings. The van der Waals surface area contributed by atoms with Crippen LogP contribution in [0.2, 0.25) is 0 Å². The monoisotopic (exact) mass is 173 g/mol. The fourth-order valence-corrected chi connectivity index (χ4v) is 1.38. The van der Waals surface area contributed by atoms with Gasteiger partial charge >= 0.3 is 0 Å². The van der Waals surface area contributed by atoms with Crippen LogP contribution >= 0.6 is 0 Å². The Bertz CT molecular complexity index is 93.8. The molecule has 1 atom stereocenters. The molecule has 0 heterocycles. The lowest BCUT2D eigenvalue weighted by molar-refractivity contribution is 0.280. The third-order valence-electron chi connectivity index (χ3n) is 2.24. The van der Waals surface area contributed by atoms with E-state index in [2.05, 4.69) is 26.1 Å². The number of aliphatic hydroxyl groups excluding tert-OH is 1. The molecule has 0 aliphatic heterocycles. The van der Waals surface area contributed by atoms with Gasteiger partial charge in [0.15, 0.2) is 0 Å². The van der Waals surface area contributed by atoms with E-state index in [1.807, 2.05) is 0 Å². The Kier molecular flexibility index (Phi) is 7.51. The summed E-state index contributed by atoms with van der Waals surface area (Å²) in [5, 5.41) is 12.1. The van der Waals surface area contributed by atoms with E-state index in [1.165, 1.54) is 6.42 Å². The van der Waals surface area contributed by atoms with Crippen molar-refractivity contribution in [1.82, 2.24) is 5.32 Å². The lowest BCUT2D eigenvalue weighted by atomic mass is 10.0. The Balaban J connectivity index is 3.32. The second-order valence-electron chi connectivity index (χ2n) is 3.64. The molecule has 74 valence electrons. The summed E-state index contributed by atoms with van der Waals surface area (Å²) in [6.45, 7) is 8.06. The average Bonchev–Trinajstić information content (AvgIpc) is 2.04. The van der Waals surface area contributed by atoms with Crippen molar-refractivity contribution in [2.45, 2.75) is 46.1 Å². The second-order valence-corrected chi connectivity index (χ2v) is 3.64. The highest BCUT2D eigenvalue weighted by Crippen LogP contribution is 2.04. The lowest BCUT2D eigenvalue weighted by Gasteiger charge is -2.20. The van der Waals surface area contributed by atoms with E-state index in [1.54, 1.807) is 0 Å². The molecule has 0 spiro atoms. The molecule has 0 radical (unpaired) electrons. The highest BCUT2D eigenvalue weighted by atomic mass is 16.2. The Morgan fingerprint density at radius 1 is 1.25 bits per heavy atom. The summed E-state index contributed by atoms with van der Waals surface area (Å²) in [5.41, 5.74) is 0. The summed E-state index contributed by atoms with van der Waals surface area (Å²) < 4.78 is 0. The van der Waals surface area contributed by atoms with E-state index in [0.29, 0.717) is 18.6 Å². The number of rotatable bonds is 7. The maximum absolute atomic E-state index is 8.57. The maximum Gasteiger partial charge on any atom is 0.0431 e. The zero-order valence-corrected chi connectivity index (χ0v) is 8.64. The van der Waals surface area contributed by atoms with Crippen molar-refractivity contribution in [2.24, 2.45) is 5.92 Å². The van der Waals surface area contributed by atoms with Crippen LogP contribution in [0.4, 0.5) is 0 Å². The van der Waals surface area contributed by atoms with Crippen molar-refractivity contribution in [3.05, 3.63) is 0 Å². The number of hydrogen-bond donors (Lipinski definition) is 2. The molecule has 2 heteroatoms. The Morgan fingerprint density at radius 2 is 1.92 bits per heavy atom. The topological polar surface area (TPSA) is 32.3 Å². The van der Waals surface area contributed by atoms with Crippen LogP contribution in [0.1, 0.15) is 40.0 Å². The van der Waals surface area contributed by atoms with Gasteiger partial charge in [0, 0.05) is 12.6 Å². The zero-order chi connectivity index (χ0) is 9.40. The summed E-state index contributed by atoms with van der Waals surface area (Å²) in [5.74, 6) is 0.712. The van der Waals surface area contributed by atoms with Gasteiger partial charge in [0.05, 0.1) is 0 Å². The van der Waals surface area contributed by atoms with Gasteiger partial charge in [-0.2, -0.15) is 0 Å². The molecule has 0 amide bonds. The summed E-state index contributed by atoms with van der Waals surface area (Å²) in [6, 6.07) is 0.642. The van der Waals surface area contributed by atoms with Crippen LogP contribution in [0.3, 0.4) is 0 Å². The van der Waals surface area contributed by atoms with Gasteiger partial charge in [-0.15, -0.1) is 0 Å². The first-order chi connectivity index (χ1) is 5.72. The van der Waals surface area contributed by atoms with Crippen molar-refractivity contribution >= 4 is 0 Å². The second kappa shape index (κ2) is 7.56. The third-order valence-corrected chi connectivity index (χ3v) is 2.24. The van der Waals surface area contributed by atoms with Crippen LogP contribution in [0.15, 0.2) is 0 Å². The molecule has 0 rings (SSSR count). The Hall–Kier alpha value is -0.0800. The van der Waals surface area contributed by atoms with E-state index in [9.17, 15) is 0 Å². The molecule has 1 unspecified atom stereocenters. The smallest absolute Gasteiger partial charge is 0.0431 e. The van der Waals surface area contributed by atoms with Crippen molar-refractivity contribution in [1.29, 1.82) is 0 Å². The number of hydrogen-bond acceptors (Lipinski definition) is 2. The predicted octanol–water partition coefficient (Wildman–Crippen LogP) is 1.78. The molecule has 0 bridgehead atoms. The zero-order valence-electron chi connectivity index (χ0n) is 8.64. The van der Waals surface area contributed by atoms with Crippen molar-refractivity contribution in [3.8, 4) is 0 Å². The summed E-state index contributed by atoms with van der Waals surface area (Å²) in [4.78, 5) is 0. The van der Waals surface area contributed by atoms with E-state index < -0.39 is 0 Å². The van der Waals surface area contributed by atoms with Gasteiger partial charge in [-0.3, -0.25) is 0 Å². The molecule has 0 aliphatic carbocycles. The van der Waals surface area contributed by atoms with Gasteiger partial charge in [0.1, 0.15) is 0 Å². The van der Waals surface area contributed by atoms with Gasteiger partial charge < -0.3 is 10.4 Å². The average molecular weight is 173 g/mol. The van der Waals surface area contributed by atoms with Crippen LogP contribution in [0.25, 0.3) is 0 Å². The molecule has 0 aromatic rings. The van der Waals surface area contributed by atoms with Crippen molar-refractivity contribution < 1.29 is 5.11 Å². The van der Waals surface area contributed by atoms with E-state index in [4.69, 9.17) is 5.11 Å². The molecular formula is C10H23NO. The quantitative estimate of drug-likeness (QED) is 0.575. The van der Waals surface area contributed by atoms with Crippen LogP contribution in [0, 0.1) is 5.92 Å². The van der Waals surface area contributed by atoms with Crippen LogP contribution in [-0.2, 0) is 0 Å². The molecular weight excluding hydrogens is 150 g/mol. The largest absolute Gasteiger partial charge is 0.396 e. The Labute approximate surface area is 76.4 Å². The molecule has 0 aromatic heterocycles. The van der Waals surface area contributed by atoms with Crippen LogP contribution < -0.4 is 5.32 Å². The minimum absolute atomic E-state index is 0.320. The van der Waals surface area contributed by atoms with E-state index in [-0.39, 0.29) is 0 Å². The summed E-state index contributed by atoms with van der Waals surface area (Å²) in [6.07, 6.45) is 3.19. The molecule has 0 saturated carbocycles. The van der Waals surface area contributed by atoms with Gasteiger partial charge in [-0.05, 0) is 31.7 Å². The minimum atomic E-state index is 0.320. The number of unbranched alkanes of at least 4 members (excludes halogenated alkanes) is 1. The van der Waals surface area contributed by atoms with Crippen LogP contribution in [0.5, 0.6) is 0 Å². The summed E-state index contributed by atoms with van der Waals surface area (Å²) >= 11 is 0. The van der Waals surface area contributed by atoms with Gasteiger partial charge in [-0.1, -0.05) is 20.8 Å². The molecule has 0 saturated heterocycles. The highest BCUT2D eigenvalue weighted by molar-refractivity contribution is 4.67. The lowest BCUT2D eigenvalue weighted by Crippen LogP contribution is -2.33. The summed E-state index contributed by atoms with van der Waals surface area (Å²) in [7, 11) is 0. The molecule has 0 fully saturated rings. The van der Waals surface area contributed by atoms with Gasteiger partial charge in [-0.25, -0.2) is 0 Å². The fraction of sp³-hybridized carbons (Fsp3) is 1.00. The maximum atomic E-state index is 8.57. The van der Waals surface area contributed by atoms with Crippen molar-refractivity contribution in [3.63, 3.8) is 0 Å². The SMILES string of the molecule is CCC(NCCCCO)C(C)C. The number of aliphatic hydroxyl groups is 1. The molecule has 0 aromatic carbocycles. The van der Waals surface area contributed by atoms with Gasteiger partial charge in [0.25, 0.3) is 0 Å². The van der Waals surface area contributed by atoms with Crippen LogP contribution in [-0.4, -0.2) is 24.3 Å². The number of nitrogens with one attached hydrogen (secondary N) is 1. The minimum Gasteiger partial charge on any atom is -0.396 e.